The Labute approximate surface area is 155 Å². The lowest BCUT2D eigenvalue weighted by Gasteiger charge is -2.34. The number of carboxylic acid groups (broad SMARTS) is 1. The number of carbonyl (C=O) groups excluding carboxylic acids is 1. The van der Waals surface area contributed by atoms with E-state index in [4.69, 9.17) is 4.42 Å². The maximum absolute atomic E-state index is 13.2. The summed E-state index contributed by atoms with van der Waals surface area (Å²) in [5.41, 5.74) is 0.137. The molecule has 1 aromatic heterocycles. The number of hydrogen-bond donors (Lipinski definition) is 1. The van der Waals surface area contributed by atoms with Crippen LogP contribution in [0.15, 0.2) is 41.2 Å². The number of carboxylic acids is 1. The predicted molar refractivity (Wildman–Crippen MR) is 95.5 cm³/mol. The van der Waals surface area contributed by atoms with Gasteiger partial charge in [0.15, 0.2) is 0 Å². The third kappa shape index (κ3) is 4.33. The van der Waals surface area contributed by atoms with Crippen molar-refractivity contribution in [3.8, 4) is 0 Å². The summed E-state index contributed by atoms with van der Waals surface area (Å²) in [6.45, 7) is 0.311. The topological polar surface area (TPSA) is 114 Å². The fraction of sp³-hybridized carbons (Fsp3) is 0.368. The van der Waals surface area contributed by atoms with Crippen LogP contribution in [0.3, 0.4) is 0 Å². The van der Waals surface area contributed by atoms with E-state index in [2.05, 4.69) is 0 Å². The average molecular weight is 372 g/mol. The molecule has 1 N–H and O–H groups in total. The van der Waals surface area contributed by atoms with E-state index in [0.717, 1.165) is 49.8 Å². The van der Waals surface area contributed by atoms with Crippen molar-refractivity contribution in [2.24, 2.45) is 0 Å². The third-order valence-electron chi connectivity index (χ3n) is 4.83. The maximum atomic E-state index is 13.2. The first-order valence-corrected chi connectivity index (χ1v) is 8.80. The summed E-state index contributed by atoms with van der Waals surface area (Å²) in [5.74, 6) is -1.72. The zero-order chi connectivity index (χ0) is 19.4. The molecule has 1 aromatic carbocycles. The Morgan fingerprint density at radius 2 is 1.89 bits per heavy atom. The SMILES string of the molecule is O=C(O)c1cc(C(=O)N(Cc2ccoc2)C2CCCCC2)cc([N+](=O)[O-])c1. The van der Waals surface area contributed by atoms with Gasteiger partial charge in [-0.15, -0.1) is 0 Å². The molecular weight excluding hydrogens is 352 g/mol. The molecule has 0 spiro atoms. The van der Waals surface area contributed by atoms with Crippen molar-refractivity contribution in [2.75, 3.05) is 0 Å². The van der Waals surface area contributed by atoms with Gasteiger partial charge in [0.25, 0.3) is 11.6 Å². The lowest BCUT2D eigenvalue weighted by atomic mass is 9.93. The van der Waals surface area contributed by atoms with Crippen molar-refractivity contribution in [3.05, 3.63) is 63.6 Å². The van der Waals surface area contributed by atoms with E-state index in [1.165, 1.54) is 12.3 Å². The van der Waals surface area contributed by atoms with Crippen LogP contribution in [-0.2, 0) is 6.54 Å². The summed E-state index contributed by atoms with van der Waals surface area (Å²) in [7, 11) is 0. The van der Waals surface area contributed by atoms with Gasteiger partial charge < -0.3 is 14.4 Å². The summed E-state index contributed by atoms with van der Waals surface area (Å²) in [6.07, 6.45) is 7.91. The molecule has 1 aliphatic rings. The summed E-state index contributed by atoms with van der Waals surface area (Å²) >= 11 is 0. The van der Waals surface area contributed by atoms with E-state index in [0.29, 0.717) is 6.54 Å². The number of non-ortho nitro benzene ring substituents is 1. The smallest absolute Gasteiger partial charge is 0.335 e. The van der Waals surface area contributed by atoms with Gasteiger partial charge in [-0.05, 0) is 25.0 Å². The zero-order valence-electron chi connectivity index (χ0n) is 14.7. The van der Waals surface area contributed by atoms with Gasteiger partial charge in [-0.3, -0.25) is 14.9 Å². The van der Waals surface area contributed by atoms with Crippen LogP contribution in [0.2, 0.25) is 0 Å². The highest BCUT2D eigenvalue weighted by Crippen LogP contribution is 2.27. The van der Waals surface area contributed by atoms with Crippen LogP contribution in [0.25, 0.3) is 0 Å². The minimum atomic E-state index is -1.31. The van der Waals surface area contributed by atoms with Crippen molar-refractivity contribution < 1.29 is 24.0 Å². The second-order valence-electron chi connectivity index (χ2n) is 6.69. The number of nitro groups is 1. The number of rotatable bonds is 6. The average Bonchev–Trinajstić information content (AvgIpc) is 3.19. The highest BCUT2D eigenvalue weighted by Gasteiger charge is 2.28. The molecule has 0 saturated heterocycles. The monoisotopic (exact) mass is 372 g/mol. The highest BCUT2D eigenvalue weighted by atomic mass is 16.6. The molecule has 0 unspecified atom stereocenters. The van der Waals surface area contributed by atoms with Gasteiger partial charge in [0.2, 0.25) is 0 Å². The first kappa shape index (κ1) is 18.6. The summed E-state index contributed by atoms with van der Waals surface area (Å²) < 4.78 is 5.08. The number of nitrogens with zero attached hydrogens (tertiary/aromatic N) is 2. The molecular formula is C19H20N2O6. The van der Waals surface area contributed by atoms with Crippen molar-refractivity contribution in [1.29, 1.82) is 0 Å². The Morgan fingerprint density at radius 1 is 1.19 bits per heavy atom. The molecule has 0 bridgehead atoms. The molecule has 2 aromatic rings. The first-order chi connectivity index (χ1) is 13.0. The Balaban J connectivity index is 1.97. The zero-order valence-corrected chi connectivity index (χ0v) is 14.7. The molecule has 0 aliphatic heterocycles. The van der Waals surface area contributed by atoms with Gasteiger partial charge >= 0.3 is 5.97 Å². The molecule has 27 heavy (non-hydrogen) atoms. The Kier molecular flexibility index (Phi) is 5.54. The summed E-state index contributed by atoms with van der Waals surface area (Å²) in [4.78, 5) is 36.7. The number of amides is 1. The standard InChI is InChI=1S/C19H20N2O6/c22-18(14-8-15(19(23)24)10-17(9-14)21(25)26)20(11-13-6-7-27-12-13)16-4-2-1-3-5-16/h6-10,12,16H,1-5,11H2,(H,23,24). The Bertz CT molecular complexity index is 808. The lowest BCUT2D eigenvalue weighted by Crippen LogP contribution is -2.41. The molecule has 8 nitrogen and oxygen atoms in total. The molecule has 1 heterocycles. The van der Waals surface area contributed by atoms with Gasteiger partial charge in [0.05, 0.1) is 23.0 Å². The molecule has 3 rings (SSSR count). The van der Waals surface area contributed by atoms with Gasteiger partial charge in [0.1, 0.15) is 0 Å². The molecule has 0 atom stereocenters. The van der Waals surface area contributed by atoms with Crippen LogP contribution in [0.4, 0.5) is 5.69 Å². The van der Waals surface area contributed by atoms with Crippen LogP contribution in [-0.4, -0.2) is 32.8 Å². The second-order valence-corrected chi connectivity index (χ2v) is 6.69. The van der Waals surface area contributed by atoms with E-state index in [9.17, 15) is 24.8 Å². The molecule has 8 heteroatoms. The quantitative estimate of drug-likeness (QED) is 0.608. The molecule has 142 valence electrons. The number of nitro benzene ring substituents is 1. The Morgan fingerprint density at radius 3 is 2.48 bits per heavy atom. The van der Waals surface area contributed by atoms with Gasteiger partial charge in [0, 0.05) is 35.8 Å². The van der Waals surface area contributed by atoms with Gasteiger partial charge in [-0.2, -0.15) is 0 Å². The predicted octanol–water partition coefficient (Wildman–Crippen LogP) is 3.86. The van der Waals surface area contributed by atoms with Crippen molar-refractivity contribution in [1.82, 2.24) is 4.90 Å². The first-order valence-electron chi connectivity index (χ1n) is 8.80. The fourth-order valence-corrected chi connectivity index (χ4v) is 3.47. The minimum absolute atomic E-state index is 0.00805. The van der Waals surface area contributed by atoms with Crippen LogP contribution >= 0.6 is 0 Å². The van der Waals surface area contributed by atoms with Gasteiger partial charge in [-0.1, -0.05) is 19.3 Å². The van der Waals surface area contributed by atoms with Crippen LogP contribution in [0, 0.1) is 10.1 Å². The maximum Gasteiger partial charge on any atom is 0.335 e. The van der Waals surface area contributed by atoms with E-state index in [-0.39, 0.29) is 17.2 Å². The van der Waals surface area contributed by atoms with E-state index in [1.807, 2.05) is 0 Å². The minimum Gasteiger partial charge on any atom is -0.478 e. The molecule has 1 amide bonds. The number of benzene rings is 1. The summed E-state index contributed by atoms with van der Waals surface area (Å²) in [5, 5.41) is 20.4. The van der Waals surface area contributed by atoms with Crippen LogP contribution < -0.4 is 0 Å². The molecule has 0 radical (unpaired) electrons. The highest BCUT2D eigenvalue weighted by molar-refractivity contribution is 5.98. The van der Waals surface area contributed by atoms with E-state index in [1.54, 1.807) is 17.2 Å². The number of furan rings is 1. The number of aromatic carboxylic acids is 1. The Hall–Kier alpha value is -3.16. The second kappa shape index (κ2) is 8.03. The largest absolute Gasteiger partial charge is 0.478 e. The van der Waals surface area contributed by atoms with Crippen molar-refractivity contribution in [3.63, 3.8) is 0 Å². The van der Waals surface area contributed by atoms with Gasteiger partial charge in [-0.25, -0.2) is 4.79 Å². The van der Waals surface area contributed by atoms with Crippen molar-refractivity contribution >= 4 is 17.6 Å². The van der Waals surface area contributed by atoms with E-state index < -0.39 is 22.5 Å². The molecule has 1 saturated carbocycles. The van der Waals surface area contributed by atoms with E-state index >= 15 is 0 Å². The van der Waals surface area contributed by atoms with Crippen LogP contribution in [0.1, 0.15) is 58.4 Å². The lowest BCUT2D eigenvalue weighted by molar-refractivity contribution is -0.384. The molecule has 1 aliphatic carbocycles. The number of hydrogen-bond acceptors (Lipinski definition) is 5. The van der Waals surface area contributed by atoms with Crippen LogP contribution in [0.5, 0.6) is 0 Å². The third-order valence-corrected chi connectivity index (χ3v) is 4.83. The van der Waals surface area contributed by atoms with Crippen molar-refractivity contribution in [2.45, 2.75) is 44.7 Å². The molecule has 1 fully saturated rings. The normalized spacial score (nSPS) is 14.7. The summed E-state index contributed by atoms with van der Waals surface area (Å²) in [6, 6.07) is 5.07. The number of carbonyl (C=O) groups is 2. The fourth-order valence-electron chi connectivity index (χ4n) is 3.47.